The second-order valence-electron chi connectivity index (χ2n) is 10.00. The largest absolute Gasteiger partial charge is 3.00 e. The Kier molecular flexibility index (Phi) is 12.9. The molecule has 18 heteroatoms. The predicted molar refractivity (Wildman–Crippen MR) is 170 cm³/mol. The molecule has 0 aliphatic carbocycles. The predicted octanol–water partition coefficient (Wildman–Crippen LogP) is 2.62. The SMILES string of the molecule is N=S(=O)([O-])c1ccc([O-])c(N=Nc2c([O-])ccc3ccccc23)c1.NS(=O)(=O)c1ccc([O-])c(N=Nc2c(O)ccc3ccccc23)c1.[Co+3].[Li+]. The number of sulfonamides is 1. The second-order valence-corrected chi connectivity index (χ2v) is 13.0. The maximum atomic E-state index is 12.0. The van der Waals surface area contributed by atoms with Crippen molar-refractivity contribution in [2.45, 2.75) is 9.79 Å². The summed E-state index contributed by atoms with van der Waals surface area (Å²) in [6.45, 7) is 0. The van der Waals surface area contributed by atoms with E-state index in [0.29, 0.717) is 10.8 Å². The zero-order valence-electron chi connectivity index (χ0n) is 25.7. The van der Waals surface area contributed by atoms with E-state index >= 15 is 0 Å². The molecule has 50 heavy (non-hydrogen) atoms. The van der Waals surface area contributed by atoms with Crippen molar-refractivity contribution in [3.05, 3.63) is 109 Å². The second kappa shape index (κ2) is 16.2. The van der Waals surface area contributed by atoms with Crippen molar-refractivity contribution in [3.8, 4) is 23.0 Å². The average Bonchev–Trinajstić information content (AvgIpc) is 3.04. The van der Waals surface area contributed by atoms with Gasteiger partial charge in [-0.25, -0.2) is 13.6 Å². The van der Waals surface area contributed by atoms with Gasteiger partial charge in [0.25, 0.3) is 0 Å². The number of fused-ring (bicyclic) bond motifs is 2. The number of aromatic hydroxyl groups is 1. The summed E-state index contributed by atoms with van der Waals surface area (Å²) in [5, 5.41) is 68.8. The molecule has 0 spiro atoms. The molecule has 0 amide bonds. The fourth-order valence-electron chi connectivity index (χ4n) is 4.39. The number of rotatable bonds is 6. The smallest absolute Gasteiger partial charge is 0.871 e. The summed E-state index contributed by atoms with van der Waals surface area (Å²) in [7, 11) is -8.18. The van der Waals surface area contributed by atoms with Crippen LogP contribution in [0.15, 0.2) is 139 Å². The molecule has 0 aliphatic heterocycles. The molecule has 0 heterocycles. The number of azo groups is 2. The van der Waals surface area contributed by atoms with Gasteiger partial charge in [0, 0.05) is 25.7 Å². The zero-order chi connectivity index (χ0) is 34.6. The van der Waals surface area contributed by atoms with Crippen LogP contribution in [0.1, 0.15) is 0 Å². The third-order valence-electron chi connectivity index (χ3n) is 6.76. The first kappa shape index (κ1) is 39.6. The molecule has 0 aromatic heterocycles. The number of phenolic OH excluding ortho intramolecular Hbond substituents is 1. The van der Waals surface area contributed by atoms with Gasteiger partial charge in [0.2, 0.25) is 10.0 Å². The Morgan fingerprint density at radius 3 is 1.58 bits per heavy atom. The van der Waals surface area contributed by atoms with Gasteiger partial charge in [-0.1, -0.05) is 96.1 Å². The zero-order valence-corrected chi connectivity index (χ0v) is 28.4. The minimum Gasteiger partial charge on any atom is -0.871 e. The number of hydrogen-bond donors (Lipinski definition) is 3. The van der Waals surface area contributed by atoms with E-state index in [2.05, 4.69) is 20.5 Å². The number of hydrogen-bond acceptors (Lipinski definition) is 13. The molecular formula is C32H22CoLiN6O8S2. The number of primary sulfonamides is 1. The van der Waals surface area contributed by atoms with Crippen LogP contribution < -0.4 is 39.3 Å². The number of benzene rings is 6. The van der Waals surface area contributed by atoms with Gasteiger partial charge in [0.1, 0.15) is 11.4 Å². The Hall–Kier alpha value is -4.84. The third-order valence-corrected chi connectivity index (χ3v) is 8.54. The van der Waals surface area contributed by atoms with Crippen LogP contribution >= 0.6 is 0 Å². The van der Waals surface area contributed by atoms with Gasteiger partial charge in [-0.2, -0.15) is 15.3 Å². The Bertz CT molecular complexity index is 2310. The summed E-state index contributed by atoms with van der Waals surface area (Å²) in [4.78, 5) is -0.602. The molecule has 14 nitrogen and oxygen atoms in total. The van der Waals surface area contributed by atoms with Crippen LogP contribution in [0, 0.1) is 4.78 Å². The van der Waals surface area contributed by atoms with Crippen LogP contribution in [0.3, 0.4) is 0 Å². The van der Waals surface area contributed by atoms with Crippen molar-refractivity contribution < 1.29 is 73.2 Å². The molecule has 0 aliphatic rings. The summed E-state index contributed by atoms with van der Waals surface area (Å²) >= 11 is 0. The number of nitrogens with one attached hydrogen (secondary N) is 1. The monoisotopic (exact) mass is 748 g/mol. The average molecular weight is 749 g/mol. The van der Waals surface area contributed by atoms with E-state index in [9.17, 15) is 37.6 Å². The minimum absolute atomic E-state index is 0. The summed E-state index contributed by atoms with van der Waals surface area (Å²) in [6.07, 6.45) is 0. The summed E-state index contributed by atoms with van der Waals surface area (Å²) in [5.41, 5.74) is -0.190. The van der Waals surface area contributed by atoms with Gasteiger partial charge in [-0.3, -0.25) is 8.99 Å². The molecule has 6 aromatic carbocycles. The molecule has 0 saturated carbocycles. The van der Waals surface area contributed by atoms with Crippen molar-refractivity contribution in [2.24, 2.45) is 25.6 Å². The van der Waals surface area contributed by atoms with Gasteiger partial charge in [-0.15, -0.1) is 5.11 Å². The fraction of sp³-hybridized carbons (Fsp3) is 0. The van der Waals surface area contributed by atoms with E-state index in [1.54, 1.807) is 42.5 Å². The van der Waals surface area contributed by atoms with Gasteiger partial charge in [0.05, 0.1) is 22.0 Å². The van der Waals surface area contributed by atoms with Crippen molar-refractivity contribution in [1.82, 2.24) is 0 Å². The van der Waals surface area contributed by atoms with Crippen LogP contribution in [-0.2, 0) is 36.8 Å². The van der Waals surface area contributed by atoms with Gasteiger partial charge >= 0.3 is 35.6 Å². The van der Waals surface area contributed by atoms with E-state index in [1.165, 1.54) is 12.1 Å². The van der Waals surface area contributed by atoms with E-state index < -0.39 is 31.5 Å². The topological polar surface area (TPSA) is 263 Å². The van der Waals surface area contributed by atoms with Crippen LogP contribution in [0.2, 0.25) is 0 Å². The first-order valence-corrected chi connectivity index (χ1v) is 16.6. The molecule has 0 fully saturated rings. The molecule has 0 radical (unpaired) electrons. The van der Waals surface area contributed by atoms with Crippen LogP contribution in [0.5, 0.6) is 23.0 Å². The molecule has 0 bridgehead atoms. The Morgan fingerprint density at radius 2 is 1.04 bits per heavy atom. The van der Waals surface area contributed by atoms with Crippen molar-refractivity contribution in [2.75, 3.05) is 0 Å². The molecule has 6 aromatic rings. The normalized spacial score (nSPS) is 12.5. The van der Waals surface area contributed by atoms with E-state index in [1.807, 2.05) is 18.2 Å². The fourth-order valence-corrected chi connectivity index (χ4v) is 5.44. The summed E-state index contributed by atoms with van der Waals surface area (Å²) in [5.74, 6) is -1.54. The molecule has 0 saturated heterocycles. The summed E-state index contributed by atoms with van der Waals surface area (Å²) in [6, 6.07) is 26.7. The van der Waals surface area contributed by atoms with Gasteiger partial charge in [0.15, 0.2) is 0 Å². The van der Waals surface area contributed by atoms with E-state index in [-0.39, 0.29) is 79.7 Å². The molecule has 1 atom stereocenters. The van der Waals surface area contributed by atoms with Crippen molar-refractivity contribution in [1.29, 1.82) is 4.78 Å². The molecule has 4 N–H and O–H groups in total. The Balaban J connectivity index is 0.000000260. The molecule has 1 unspecified atom stereocenters. The minimum atomic E-state index is -4.22. The van der Waals surface area contributed by atoms with Gasteiger partial charge in [-0.05, 0) is 41.1 Å². The van der Waals surface area contributed by atoms with Crippen molar-refractivity contribution in [3.63, 3.8) is 0 Å². The first-order valence-electron chi connectivity index (χ1n) is 13.6. The van der Waals surface area contributed by atoms with E-state index in [0.717, 1.165) is 47.2 Å². The van der Waals surface area contributed by atoms with Crippen LogP contribution in [0.4, 0.5) is 22.7 Å². The maximum absolute atomic E-state index is 12.0. The molecular weight excluding hydrogens is 726 g/mol. The maximum Gasteiger partial charge on any atom is 3.00 e. The third kappa shape index (κ3) is 9.23. The van der Waals surface area contributed by atoms with Crippen molar-refractivity contribution >= 4 is 64.3 Å². The number of phenols is 1. The van der Waals surface area contributed by atoms with Gasteiger partial charge < -0.3 is 25.0 Å². The first-order chi connectivity index (χ1) is 22.7. The molecule has 6 rings (SSSR count). The molecule has 250 valence electrons. The quantitative estimate of drug-likeness (QED) is 0.168. The Morgan fingerprint density at radius 1 is 0.600 bits per heavy atom. The summed E-state index contributed by atoms with van der Waals surface area (Å²) < 4.78 is 52.2. The standard InChI is InChI=1S/2C16H13N3O4S.Co.Li/c2*17-24(22,23)11-6-8-14(20)13(9-11)18-19-16-12-4-2-1-3-10(12)5-7-15(16)21;;/h2*1-9,20-21H,(H2,17,22,23);;/q;;+3;+1/p-4. The number of nitrogens with two attached hydrogens (primary N) is 1. The van der Waals surface area contributed by atoms with Crippen LogP contribution in [0.25, 0.3) is 21.5 Å². The Labute approximate surface area is 308 Å². The van der Waals surface area contributed by atoms with E-state index in [4.69, 9.17) is 9.92 Å². The van der Waals surface area contributed by atoms with Crippen LogP contribution in [-0.4, -0.2) is 22.3 Å². The number of nitrogens with zero attached hydrogens (tertiary/aromatic N) is 4.